The van der Waals surface area contributed by atoms with Crippen molar-refractivity contribution in [1.82, 2.24) is 9.80 Å². The van der Waals surface area contributed by atoms with Crippen molar-refractivity contribution in [2.75, 3.05) is 53.6 Å². The highest BCUT2D eigenvalue weighted by Gasteiger charge is 2.46. The summed E-state index contributed by atoms with van der Waals surface area (Å²) in [5, 5.41) is 11.6. The fourth-order valence-corrected chi connectivity index (χ4v) is 5.62. The number of ether oxygens (including phenoxy) is 4. The highest BCUT2D eigenvalue weighted by atomic mass is 16.5. The smallest absolute Gasteiger partial charge is 0.295 e. The molecule has 3 aromatic carbocycles. The molecule has 2 heterocycles. The maximum absolute atomic E-state index is 13.6. The number of aliphatic hydroxyl groups excluding tert-OH is 1. The lowest BCUT2D eigenvalue weighted by Crippen LogP contribution is -2.38. The van der Waals surface area contributed by atoms with Gasteiger partial charge in [0.1, 0.15) is 18.1 Å². The third-order valence-corrected chi connectivity index (χ3v) is 7.93. The van der Waals surface area contributed by atoms with E-state index in [1.807, 2.05) is 37.3 Å². The van der Waals surface area contributed by atoms with Crippen LogP contribution in [0.4, 0.5) is 0 Å². The summed E-state index contributed by atoms with van der Waals surface area (Å²) in [4.78, 5) is 30.9. The van der Waals surface area contributed by atoms with Crippen molar-refractivity contribution < 1.29 is 33.6 Å². The van der Waals surface area contributed by atoms with Gasteiger partial charge in [0.05, 0.1) is 39.0 Å². The van der Waals surface area contributed by atoms with Gasteiger partial charge in [-0.3, -0.25) is 14.5 Å². The van der Waals surface area contributed by atoms with E-state index in [1.165, 1.54) is 7.11 Å². The van der Waals surface area contributed by atoms with E-state index in [0.717, 1.165) is 30.8 Å². The van der Waals surface area contributed by atoms with Crippen LogP contribution >= 0.6 is 0 Å². The molecule has 2 aliphatic heterocycles. The molecule has 0 aromatic heterocycles. The lowest BCUT2D eigenvalue weighted by molar-refractivity contribution is -0.140. The molecule has 0 saturated carbocycles. The van der Waals surface area contributed by atoms with Crippen LogP contribution in [0.2, 0.25) is 0 Å². The zero-order valence-corrected chi connectivity index (χ0v) is 24.9. The first-order valence-corrected chi connectivity index (χ1v) is 14.5. The van der Waals surface area contributed by atoms with Crippen molar-refractivity contribution in [2.45, 2.75) is 26.0 Å². The van der Waals surface area contributed by atoms with Gasteiger partial charge in [-0.25, -0.2) is 0 Å². The molecular formula is C34H38N2O7. The molecule has 1 atom stereocenters. The molecule has 5 rings (SSSR count). The van der Waals surface area contributed by atoms with Crippen LogP contribution in [0.25, 0.3) is 5.76 Å². The Morgan fingerprint density at radius 2 is 1.63 bits per heavy atom. The zero-order chi connectivity index (χ0) is 30.3. The first kappa shape index (κ1) is 30.1. The molecule has 1 N–H and O–H groups in total. The van der Waals surface area contributed by atoms with Gasteiger partial charge in [0, 0.05) is 31.7 Å². The third kappa shape index (κ3) is 6.68. The minimum atomic E-state index is -0.793. The average molecular weight is 587 g/mol. The average Bonchev–Trinajstić information content (AvgIpc) is 3.29. The summed E-state index contributed by atoms with van der Waals surface area (Å²) >= 11 is 0. The number of nitrogens with zero attached hydrogens (tertiary/aromatic N) is 2. The second kappa shape index (κ2) is 13.8. The Kier molecular flexibility index (Phi) is 9.64. The van der Waals surface area contributed by atoms with Crippen LogP contribution in [0.1, 0.15) is 34.7 Å². The minimum Gasteiger partial charge on any atom is -0.507 e. The Hall–Kier alpha value is -4.34. The Balaban J connectivity index is 1.46. The van der Waals surface area contributed by atoms with Crippen molar-refractivity contribution in [1.29, 1.82) is 0 Å². The highest BCUT2D eigenvalue weighted by Crippen LogP contribution is 2.42. The van der Waals surface area contributed by atoms with Gasteiger partial charge in [0.2, 0.25) is 0 Å². The van der Waals surface area contributed by atoms with Crippen molar-refractivity contribution in [3.63, 3.8) is 0 Å². The summed E-state index contributed by atoms with van der Waals surface area (Å²) in [6.45, 7) is 6.45. The number of hydrogen-bond donors (Lipinski definition) is 1. The van der Waals surface area contributed by atoms with Gasteiger partial charge < -0.3 is 29.0 Å². The van der Waals surface area contributed by atoms with Gasteiger partial charge >= 0.3 is 0 Å². The van der Waals surface area contributed by atoms with Crippen molar-refractivity contribution >= 4 is 17.4 Å². The largest absolute Gasteiger partial charge is 0.507 e. The van der Waals surface area contributed by atoms with E-state index in [4.69, 9.17) is 18.9 Å². The number of likely N-dealkylation sites (tertiary alicyclic amines) is 1. The maximum Gasteiger partial charge on any atom is 0.295 e. The molecule has 43 heavy (non-hydrogen) atoms. The Morgan fingerprint density at radius 1 is 0.907 bits per heavy atom. The summed E-state index contributed by atoms with van der Waals surface area (Å²) in [5.74, 6) is 0.0763. The number of methoxy groups -OCH3 is 2. The van der Waals surface area contributed by atoms with E-state index in [2.05, 4.69) is 4.90 Å². The maximum atomic E-state index is 13.6. The van der Waals surface area contributed by atoms with Crippen LogP contribution in [0, 0.1) is 6.92 Å². The summed E-state index contributed by atoms with van der Waals surface area (Å²) in [6, 6.07) is 19.6. The fraction of sp³-hybridized carbons (Fsp3) is 0.353. The molecule has 1 unspecified atom stereocenters. The molecule has 3 aromatic rings. The number of rotatable bonds is 11. The van der Waals surface area contributed by atoms with Gasteiger partial charge in [-0.1, -0.05) is 36.4 Å². The fourth-order valence-electron chi connectivity index (χ4n) is 5.62. The standard InChI is InChI=1S/C34H38N2O7/c1-23-20-26(11-12-27(23)43-22-24-8-5-4-6-9-24)32(37)30-31(25-10-13-28(40-2)29(21-25)41-3)36(34(39)33(30)38)15-7-14-35-16-18-42-19-17-35/h4-6,8-13,20-21,31,37H,7,14-19,22H2,1-3H3/b32-30+. The number of hydrogen-bond acceptors (Lipinski definition) is 8. The van der Waals surface area contributed by atoms with Crippen molar-refractivity contribution in [3.8, 4) is 17.2 Å². The molecule has 226 valence electrons. The van der Waals surface area contributed by atoms with Crippen LogP contribution in [0.15, 0.2) is 72.3 Å². The van der Waals surface area contributed by atoms with Crippen LogP contribution in [-0.2, 0) is 20.9 Å². The normalized spacial score (nSPS) is 18.6. The predicted octanol–water partition coefficient (Wildman–Crippen LogP) is 4.74. The molecule has 0 spiro atoms. The monoisotopic (exact) mass is 586 g/mol. The van der Waals surface area contributed by atoms with Gasteiger partial charge in [-0.05, 0) is 60.4 Å². The SMILES string of the molecule is COc1ccc(C2/C(=C(\O)c3ccc(OCc4ccccc4)c(C)c3)C(=O)C(=O)N2CCCN2CCOCC2)cc1OC. The van der Waals surface area contributed by atoms with Gasteiger partial charge in [-0.2, -0.15) is 0 Å². The van der Waals surface area contributed by atoms with Crippen LogP contribution in [0.3, 0.4) is 0 Å². The first-order chi connectivity index (χ1) is 20.9. The van der Waals surface area contributed by atoms with E-state index in [9.17, 15) is 14.7 Å². The lowest BCUT2D eigenvalue weighted by Gasteiger charge is -2.29. The van der Waals surface area contributed by atoms with Crippen LogP contribution in [-0.4, -0.2) is 80.2 Å². The van der Waals surface area contributed by atoms with E-state index in [-0.39, 0.29) is 11.3 Å². The number of ketones is 1. The van der Waals surface area contributed by atoms with E-state index in [0.29, 0.717) is 61.2 Å². The number of morpholine rings is 1. The second-order valence-corrected chi connectivity index (χ2v) is 10.7. The second-order valence-electron chi connectivity index (χ2n) is 10.7. The van der Waals surface area contributed by atoms with E-state index < -0.39 is 17.7 Å². The first-order valence-electron chi connectivity index (χ1n) is 14.5. The summed E-state index contributed by atoms with van der Waals surface area (Å²) < 4.78 is 22.4. The molecule has 2 saturated heterocycles. The molecule has 9 heteroatoms. The lowest BCUT2D eigenvalue weighted by atomic mass is 9.94. The number of benzene rings is 3. The third-order valence-electron chi connectivity index (χ3n) is 7.93. The number of aliphatic hydroxyl groups is 1. The number of aryl methyl sites for hydroxylation is 1. The number of amides is 1. The Bertz CT molecular complexity index is 1480. The van der Waals surface area contributed by atoms with Gasteiger partial charge in [-0.15, -0.1) is 0 Å². The molecule has 1 amide bonds. The predicted molar refractivity (Wildman–Crippen MR) is 162 cm³/mol. The molecule has 0 radical (unpaired) electrons. The van der Waals surface area contributed by atoms with Crippen LogP contribution in [0.5, 0.6) is 17.2 Å². The molecule has 2 fully saturated rings. The topological polar surface area (TPSA) is 97.8 Å². The molecular weight excluding hydrogens is 548 g/mol. The molecule has 2 aliphatic rings. The van der Waals surface area contributed by atoms with Crippen molar-refractivity contribution in [2.24, 2.45) is 0 Å². The van der Waals surface area contributed by atoms with Gasteiger partial charge in [0.15, 0.2) is 11.5 Å². The number of carbonyl (C=O) groups is 2. The quantitative estimate of drug-likeness (QED) is 0.196. The number of carbonyl (C=O) groups excluding carboxylic acids is 2. The van der Waals surface area contributed by atoms with E-state index >= 15 is 0 Å². The Morgan fingerprint density at radius 3 is 2.33 bits per heavy atom. The molecule has 0 aliphatic carbocycles. The van der Waals surface area contributed by atoms with Crippen LogP contribution < -0.4 is 14.2 Å². The summed E-state index contributed by atoms with van der Waals surface area (Å²) in [5.41, 5.74) is 2.95. The number of Topliss-reactive ketones (excluding diaryl/α,β-unsaturated/α-hetero) is 1. The Labute approximate surface area is 252 Å². The minimum absolute atomic E-state index is 0.0425. The van der Waals surface area contributed by atoms with Gasteiger partial charge in [0.25, 0.3) is 11.7 Å². The summed E-state index contributed by atoms with van der Waals surface area (Å²) in [6.07, 6.45) is 0.670. The molecule has 0 bridgehead atoms. The highest BCUT2D eigenvalue weighted by molar-refractivity contribution is 6.46. The van der Waals surface area contributed by atoms with Crippen molar-refractivity contribution in [3.05, 3.63) is 94.6 Å². The zero-order valence-electron chi connectivity index (χ0n) is 24.9. The van der Waals surface area contributed by atoms with E-state index in [1.54, 1.807) is 48.4 Å². The molecule has 9 nitrogen and oxygen atoms in total. The summed E-state index contributed by atoms with van der Waals surface area (Å²) in [7, 11) is 3.08.